The molecule has 0 radical (unpaired) electrons. The van der Waals surface area contributed by atoms with Gasteiger partial charge >= 0.3 is 11.7 Å². The Morgan fingerprint density at radius 1 is 1.18 bits per heavy atom. The van der Waals surface area contributed by atoms with Gasteiger partial charge in [-0.2, -0.15) is 0 Å². The Labute approximate surface area is 127 Å². The van der Waals surface area contributed by atoms with Crippen molar-refractivity contribution in [1.29, 1.82) is 0 Å². The fraction of sp³-hybridized carbons (Fsp3) is 0.176. The number of fused-ring (bicyclic) bond motifs is 1. The van der Waals surface area contributed by atoms with E-state index in [1.807, 2.05) is 55.5 Å². The molecule has 0 aliphatic rings. The molecule has 0 saturated carbocycles. The molecule has 1 atom stereocenters. The highest BCUT2D eigenvalue weighted by molar-refractivity contribution is 5.75. The average Bonchev–Trinajstić information content (AvgIpc) is 2.80. The van der Waals surface area contributed by atoms with Crippen LogP contribution in [0.3, 0.4) is 0 Å². The van der Waals surface area contributed by atoms with Crippen molar-refractivity contribution in [2.24, 2.45) is 0 Å². The zero-order chi connectivity index (χ0) is 15.7. The van der Waals surface area contributed by atoms with Crippen molar-refractivity contribution in [2.45, 2.75) is 20.1 Å². The molecule has 5 heteroatoms. The fourth-order valence-electron chi connectivity index (χ4n) is 2.56. The van der Waals surface area contributed by atoms with Gasteiger partial charge in [-0.1, -0.05) is 42.0 Å². The predicted molar refractivity (Wildman–Crippen MR) is 83.6 cm³/mol. The highest BCUT2D eigenvalue weighted by Gasteiger charge is 2.21. The lowest BCUT2D eigenvalue weighted by atomic mass is 10.1. The van der Waals surface area contributed by atoms with Crippen molar-refractivity contribution >= 4 is 17.0 Å². The van der Waals surface area contributed by atoms with Gasteiger partial charge in [-0.25, -0.2) is 4.79 Å². The molecule has 1 heterocycles. The van der Waals surface area contributed by atoms with Gasteiger partial charge in [0.25, 0.3) is 0 Å². The van der Waals surface area contributed by atoms with Crippen LogP contribution in [-0.4, -0.2) is 15.5 Å². The second kappa shape index (κ2) is 5.52. The van der Waals surface area contributed by atoms with Gasteiger partial charge in [0.2, 0.25) is 6.23 Å². The number of benzene rings is 2. The number of carbonyl (C=O) groups excluding carboxylic acids is 1. The minimum atomic E-state index is -0.791. The molecular formula is C17H16N2O3. The largest absolute Gasteiger partial charge is 0.437 e. The molecule has 0 aliphatic carbocycles. The lowest BCUT2D eigenvalue weighted by Gasteiger charge is -2.19. The average molecular weight is 296 g/mol. The molecule has 3 aromatic rings. The predicted octanol–water partition coefficient (Wildman–Crippen LogP) is 2.75. The minimum Gasteiger partial charge on any atom is -0.437 e. The van der Waals surface area contributed by atoms with Crippen LogP contribution in [-0.2, 0) is 9.53 Å². The molecule has 1 unspecified atom stereocenters. The van der Waals surface area contributed by atoms with E-state index in [1.54, 1.807) is 0 Å². The number of H-pyrrole nitrogens is 1. The van der Waals surface area contributed by atoms with Gasteiger partial charge in [0, 0.05) is 12.5 Å². The summed E-state index contributed by atoms with van der Waals surface area (Å²) in [4.78, 5) is 26.6. The van der Waals surface area contributed by atoms with Crippen molar-refractivity contribution in [3.8, 4) is 0 Å². The van der Waals surface area contributed by atoms with Gasteiger partial charge in [-0.05, 0) is 19.1 Å². The van der Waals surface area contributed by atoms with Crippen molar-refractivity contribution < 1.29 is 9.53 Å². The Morgan fingerprint density at radius 2 is 1.95 bits per heavy atom. The molecule has 1 N–H and O–H groups in total. The van der Waals surface area contributed by atoms with Crippen LogP contribution in [0.2, 0.25) is 0 Å². The molecule has 0 saturated heterocycles. The van der Waals surface area contributed by atoms with E-state index >= 15 is 0 Å². The van der Waals surface area contributed by atoms with Crippen molar-refractivity contribution in [2.75, 3.05) is 0 Å². The second-order valence-electron chi connectivity index (χ2n) is 5.19. The second-order valence-corrected chi connectivity index (χ2v) is 5.19. The molecule has 5 nitrogen and oxygen atoms in total. The topological polar surface area (TPSA) is 64.1 Å². The van der Waals surface area contributed by atoms with E-state index in [4.69, 9.17) is 4.74 Å². The van der Waals surface area contributed by atoms with Gasteiger partial charge in [-0.3, -0.25) is 9.36 Å². The van der Waals surface area contributed by atoms with E-state index < -0.39 is 12.2 Å². The summed E-state index contributed by atoms with van der Waals surface area (Å²) in [5, 5.41) is 0. The molecule has 22 heavy (non-hydrogen) atoms. The number of ether oxygens (including phenoxy) is 1. The van der Waals surface area contributed by atoms with Crippen LogP contribution < -0.4 is 5.69 Å². The standard InChI is InChI=1S/C17H16N2O3/c1-11-6-5-7-13(10-11)16(22-12(2)20)19-15-9-4-3-8-14(15)18-17(19)21/h3-10,16H,1-2H3,(H,18,21). The maximum Gasteiger partial charge on any atom is 0.329 e. The zero-order valence-corrected chi connectivity index (χ0v) is 12.4. The normalized spacial score (nSPS) is 12.3. The van der Waals surface area contributed by atoms with E-state index in [1.165, 1.54) is 11.5 Å². The number of aryl methyl sites for hydroxylation is 1. The van der Waals surface area contributed by atoms with Crippen LogP contribution in [0.1, 0.15) is 24.3 Å². The molecule has 2 aromatic carbocycles. The number of rotatable bonds is 3. The third-order valence-corrected chi connectivity index (χ3v) is 3.46. The Bertz CT molecular complexity index is 892. The molecule has 1 aromatic heterocycles. The summed E-state index contributed by atoms with van der Waals surface area (Å²) < 4.78 is 6.89. The lowest BCUT2D eigenvalue weighted by Crippen LogP contribution is -2.26. The number of aromatic amines is 1. The first-order chi connectivity index (χ1) is 10.6. The van der Waals surface area contributed by atoms with E-state index in [2.05, 4.69) is 4.98 Å². The highest BCUT2D eigenvalue weighted by Crippen LogP contribution is 2.23. The van der Waals surface area contributed by atoms with Crippen LogP contribution in [0.25, 0.3) is 11.0 Å². The summed E-state index contributed by atoms with van der Waals surface area (Å²) in [5.41, 5.74) is 2.87. The first kappa shape index (κ1) is 14.1. The van der Waals surface area contributed by atoms with Crippen LogP contribution in [0.5, 0.6) is 0 Å². The Kier molecular flexibility index (Phi) is 3.55. The van der Waals surface area contributed by atoms with Gasteiger partial charge in [0.05, 0.1) is 11.0 Å². The number of para-hydroxylation sites is 2. The van der Waals surface area contributed by atoms with E-state index in [9.17, 15) is 9.59 Å². The van der Waals surface area contributed by atoms with Crippen LogP contribution in [0.4, 0.5) is 0 Å². The number of carbonyl (C=O) groups is 1. The number of aromatic nitrogens is 2. The molecule has 0 bridgehead atoms. The van der Waals surface area contributed by atoms with E-state index in [-0.39, 0.29) is 5.69 Å². The summed E-state index contributed by atoms with van der Waals surface area (Å²) in [6.07, 6.45) is -0.791. The van der Waals surface area contributed by atoms with Crippen molar-refractivity contribution in [3.63, 3.8) is 0 Å². The molecule has 3 rings (SSSR count). The third kappa shape index (κ3) is 2.53. The number of imidazole rings is 1. The third-order valence-electron chi connectivity index (χ3n) is 3.46. The first-order valence-corrected chi connectivity index (χ1v) is 6.99. The van der Waals surface area contributed by atoms with Crippen molar-refractivity contribution in [3.05, 3.63) is 70.1 Å². The van der Waals surface area contributed by atoms with Gasteiger partial charge in [0.15, 0.2) is 0 Å². The first-order valence-electron chi connectivity index (χ1n) is 6.99. The van der Waals surface area contributed by atoms with E-state index in [0.717, 1.165) is 11.1 Å². The number of esters is 1. The molecule has 0 aliphatic heterocycles. The summed E-state index contributed by atoms with van der Waals surface area (Å²) in [6, 6.07) is 14.9. The number of hydrogen-bond acceptors (Lipinski definition) is 3. The number of hydrogen-bond donors (Lipinski definition) is 1. The monoisotopic (exact) mass is 296 g/mol. The van der Waals surface area contributed by atoms with Crippen molar-refractivity contribution in [1.82, 2.24) is 9.55 Å². The lowest BCUT2D eigenvalue weighted by molar-refractivity contribution is -0.148. The molecule has 0 spiro atoms. The molecule has 0 amide bonds. The molecular weight excluding hydrogens is 280 g/mol. The number of nitrogens with zero attached hydrogens (tertiary/aromatic N) is 1. The molecule has 0 fully saturated rings. The maximum absolute atomic E-state index is 12.3. The Balaban J connectivity index is 2.22. The summed E-state index contributed by atoms with van der Waals surface area (Å²) in [5.74, 6) is -0.441. The van der Waals surface area contributed by atoms with E-state index in [0.29, 0.717) is 11.0 Å². The van der Waals surface area contributed by atoms with Gasteiger partial charge < -0.3 is 9.72 Å². The minimum absolute atomic E-state index is 0.311. The highest BCUT2D eigenvalue weighted by atomic mass is 16.6. The molecule has 112 valence electrons. The van der Waals surface area contributed by atoms with Gasteiger partial charge in [0.1, 0.15) is 0 Å². The fourth-order valence-corrected chi connectivity index (χ4v) is 2.56. The summed E-state index contributed by atoms with van der Waals surface area (Å²) in [7, 11) is 0. The zero-order valence-electron chi connectivity index (χ0n) is 12.4. The summed E-state index contributed by atoms with van der Waals surface area (Å²) in [6.45, 7) is 3.29. The quantitative estimate of drug-likeness (QED) is 0.756. The van der Waals surface area contributed by atoms with Gasteiger partial charge in [-0.15, -0.1) is 0 Å². The summed E-state index contributed by atoms with van der Waals surface area (Å²) >= 11 is 0. The SMILES string of the molecule is CC(=O)OC(c1cccc(C)c1)n1c(=O)[nH]c2ccccc21. The van der Waals surface area contributed by atoms with Crippen LogP contribution in [0, 0.1) is 6.92 Å². The maximum atomic E-state index is 12.3. The smallest absolute Gasteiger partial charge is 0.329 e. The number of nitrogens with one attached hydrogen (secondary N) is 1. The van der Waals surface area contributed by atoms with Crippen LogP contribution in [0.15, 0.2) is 53.3 Å². The van der Waals surface area contributed by atoms with Crippen LogP contribution >= 0.6 is 0 Å². The Hall–Kier alpha value is -2.82. The Morgan fingerprint density at radius 3 is 2.68 bits per heavy atom.